The van der Waals surface area contributed by atoms with Crippen molar-refractivity contribution in [2.45, 2.75) is 29.3 Å². The molecule has 0 spiro atoms. The maximum atomic E-state index is 12.0. The smallest absolute Gasteiger partial charge is 0.235 e. The molecule has 2 aromatic carbocycles. The summed E-state index contributed by atoms with van der Waals surface area (Å²) >= 11 is 1.44. The van der Waals surface area contributed by atoms with Crippen LogP contribution >= 0.6 is 11.8 Å². The molecule has 1 aliphatic carbocycles. The van der Waals surface area contributed by atoms with Gasteiger partial charge in [-0.2, -0.15) is 0 Å². The van der Waals surface area contributed by atoms with E-state index in [1.165, 1.54) is 11.8 Å². The molecule has 0 bridgehead atoms. The summed E-state index contributed by atoms with van der Waals surface area (Å²) in [5, 5.41) is 0.415. The third-order valence-electron chi connectivity index (χ3n) is 4.33. The van der Waals surface area contributed by atoms with Gasteiger partial charge in [0.2, 0.25) is 5.91 Å². The fraction of sp³-hybridized carbons (Fsp3) is 0.200. The molecule has 1 fully saturated rings. The Labute approximate surface area is 151 Å². The molecule has 3 aromatic rings. The van der Waals surface area contributed by atoms with Gasteiger partial charge in [0, 0.05) is 6.04 Å². The second-order valence-electron chi connectivity index (χ2n) is 6.20. The maximum Gasteiger partial charge on any atom is 0.235 e. The molecule has 1 atom stereocenters. The SMILES string of the molecule is NC(=O)[C@H](Sc1ncc(-c2ccccc2)n1C1CC1)c1ccccc1. The van der Waals surface area contributed by atoms with E-state index in [0.29, 0.717) is 6.04 Å². The Bertz CT molecular complexity index is 872. The summed E-state index contributed by atoms with van der Waals surface area (Å²) in [5.41, 5.74) is 8.83. The van der Waals surface area contributed by atoms with E-state index >= 15 is 0 Å². The number of amides is 1. The molecule has 126 valence electrons. The van der Waals surface area contributed by atoms with Crippen molar-refractivity contribution in [3.05, 3.63) is 72.4 Å². The molecule has 4 rings (SSSR count). The molecule has 2 N–H and O–H groups in total. The number of imidazole rings is 1. The topological polar surface area (TPSA) is 60.9 Å². The van der Waals surface area contributed by atoms with Crippen LogP contribution in [0.4, 0.5) is 0 Å². The van der Waals surface area contributed by atoms with Gasteiger partial charge in [0.05, 0.1) is 11.9 Å². The lowest BCUT2D eigenvalue weighted by Gasteiger charge is -2.15. The van der Waals surface area contributed by atoms with Crippen LogP contribution in [0.15, 0.2) is 72.0 Å². The zero-order chi connectivity index (χ0) is 17.2. The Balaban J connectivity index is 1.71. The number of primary amides is 1. The lowest BCUT2D eigenvalue weighted by Crippen LogP contribution is -2.19. The monoisotopic (exact) mass is 349 g/mol. The van der Waals surface area contributed by atoms with Crippen LogP contribution in [0.2, 0.25) is 0 Å². The highest BCUT2D eigenvalue weighted by atomic mass is 32.2. The third-order valence-corrected chi connectivity index (χ3v) is 5.58. The van der Waals surface area contributed by atoms with Crippen LogP contribution in [0.5, 0.6) is 0 Å². The zero-order valence-corrected chi connectivity index (χ0v) is 14.5. The largest absolute Gasteiger partial charge is 0.368 e. The first-order valence-corrected chi connectivity index (χ1v) is 9.25. The van der Waals surface area contributed by atoms with Gasteiger partial charge in [-0.3, -0.25) is 4.79 Å². The first-order valence-electron chi connectivity index (χ1n) is 8.37. The number of thioether (sulfide) groups is 1. The molecule has 1 amide bonds. The lowest BCUT2D eigenvalue weighted by atomic mass is 10.1. The van der Waals surface area contributed by atoms with Crippen LogP contribution in [-0.2, 0) is 4.79 Å². The average Bonchev–Trinajstić information content (AvgIpc) is 3.40. The van der Waals surface area contributed by atoms with Crippen molar-refractivity contribution in [2.24, 2.45) is 5.73 Å². The minimum Gasteiger partial charge on any atom is -0.368 e. The normalized spacial score (nSPS) is 15.0. The number of carbonyl (C=O) groups is 1. The van der Waals surface area contributed by atoms with E-state index in [9.17, 15) is 4.79 Å². The summed E-state index contributed by atoms with van der Waals surface area (Å²) in [4.78, 5) is 16.7. The van der Waals surface area contributed by atoms with Crippen molar-refractivity contribution in [1.29, 1.82) is 0 Å². The van der Waals surface area contributed by atoms with E-state index in [0.717, 1.165) is 34.8 Å². The van der Waals surface area contributed by atoms with E-state index in [1.54, 1.807) is 0 Å². The van der Waals surface area contributed by atoms with Crippen molar-refractivity contribution in [3.8, 4) is 11.3 Å². The van der Waals surface area contributed by atoms with Gasteiger partial charge in [-0.15, -0.1) is 0 Å². The highest BCUT2D eigenvalue weighted by Gasteiger charge is 2.31. The number of rotatable bonds is 6. The van der Waals surface area contributed by atoms with Crippen molar-refractivity contribution >= 4 is 17.7 Å². The summed E-state index contributed by atoms with van der Waals surface area (Å²) in [7, 11) is 0. The minimum atomic E-state index is -0.440. The van der Waals surface area contributed by atoms with Crippen molar-refractivity contribution in [2.75, 3.05) is 0 Å². The van der Waals surface area contributed by atoms with E-state index in [2.05, 4.69) is 21.7 Å². The van der Waals surface area contributed by atoms with Gasteiger partial charge < -0.3 is 10.3 Å². The van der Waals surface area contributed by atoms with Crippen LogP contribution in [0.25, 0.3) is 11.3 Å². The quantitative estimate of drug-likeness (QED) is 0.678. The van der Waals surface area contributed by atoms with Crippen LogP contribution in [0.1, 0.15) is 29.7 Å². The summed E-state index contributed by atoms with van der Waals surface area (Å²) in [6.07, 6.45) is 4.20. The Morgan fingerprint density at radius 2 is 1.72 bits per heavy atom. The Morgan fingerprint density at radius 3 is 2.32 bits per heavy atom. The van der Waals surface area contributed by atoms with Crippen molar-refractivity contribution in [1.82, 2.24) is 9.55 Å². The van der Waals surface area contributed by atoms with Gasteiger partial charge in [-0.05, 0) is 24.0 Å². The zero-order valence-electron chi connectivity index (χ0n) is 13.7. The summed E-state index contributed by atoms with van der Waals surface area (Å²) in [6.45, 7) is 0. The van der Waals surface area contributed by atoms with Gasteiger partial charge in [0.15, 0.2) is 5.16 Å². The number of nitrogens with two attached hydrogens (primary N) is 1. The molecular weight excluding hydrogens is 330 g/mol. The predicted molar refractivity (Wildman–Crippen MR) is 100 cm³/mol. The number of carbonyl (C=O) groups excluding carboxylic acids is 1. The number of hydrogen-bond acceptors (Lipinski definition) is 3. The molecule has 1 heterocycles. The predicted octanol–water partition coefficient (Wildman–Crippen LogP) is 4.20. The second kappa shape index (κ2) is 6.76. The standard InChI is InChI=1S/C20H19N3OS/c21-19(24)18(15-9-5-2-6-10-15)25-20-22-13-17(23(20)16-11-12-16)14-7-3-1-4-8-14/h1-10,13,16,18H,11-12H2,(H2,21,24)/t18-/m1/s1. The van der Waals surface area contributed by atoms with Gasteiger partial charge in [-0.25, -0.2) is 4.98 Å². The lowest BCUT2D eigenvalue weighted by molar-refractivity contribution is -0.117. The summed E-state index contributed by atoms with van der Waals surface area (Å²) in [5.74, 6) is -0.345. The van der Waals surface area contributed by atoms with E-state index in [4.69, 9.17) is 5.73 Å². The Kier molecular flexibility index (Phi) is 4.32. The summed E-state index contributed by atoms with van der Waals surface area (Å²) < 4.78 is 2.26. The Hall–Kier alpha value is -2.53. The molecule has 1 saturated carbocycles. The number of hydrogen-bond donors (Lipinski definition) is 1. The number of nitrogens with zero attached hydrogens (tertiary/aromatic N) is 2. The molecule has 5 heteroatoms. The maximum absolute atomic E-state index is 12.0. The molecule has 0 saturated heterocycles. The fourth-order valence-corrected chi connectivity index (χ4v) is 4.06. The van der Waals surface area contributed by atoms with E-state index in [-0.39, 0.29) is 5.91 Å². The van der Waals surface area contributed by atoms with Crippen LogP contribution in [0, 0.1) is 0 Å². The molecule has 0 aliphatic heterocycles. The van der Waals surface area contributed by atoms with E-state index < -0.39 is 5.25 Å². The van der Waals surface area contributed by atoms with Gasteiger partial charge in [0.25, 0.3) is 0 Å². The number of aromatic nitrogens is 2. The van der Waals surface area contributed by atoms with Crippen LogP contribution in [-0.4, -0.2) is 15.5 Å². The average molecular weight is 349 g/mol. The third kappa shape index (κ3) is 3.33. The Morgan fingerprint density at radius 1 is 1.08 bits per heavy atom. The minimum absolute atomic E-state index is 0.345. The van der Waals surface area contributed by atoms with Gasteiger partial charge in [0.1, 0.15) is 5.25 Å². The molecule has 1 aromatic heterocycles. The molecule has 0 radical (unpaired) electrons. The van der Waals surface area contributed by atoms with Crippen LogP contribution in [0.3, 0.4) is 0 Å². The van der Waals surface area contributed by atoms with Gasteiger partial charge in [-0.1, -0.05) is 72.4 Å². The highest BCUT2D eigenvalue weighted by molar-refractivity contribution is 8.00. The second-order valence-corrected chi connectivity index (χ2v) is 7.28. The van der Waals surface area contributed by atoms with Crippen LogP contribution < -0.4 is 5.73 Å². The molecular formula is C20H19N3OS. The highest BCUT2D eigenvalue weighted by Crippen LogP contribution is 2.44. The first kappa shape index (κ1) is 16.0. The summed E-state index contributed by atoms with van der Waals surface area (Å²) in [6, 6.07) is 20.4. The first-order chi connectivity index (χ1) is 12.2. The van der Waals surface area contributed by atoms with Crippen molar-refractivity contribution < 1.29 is 4.79 Å². The molecule has 25 heavy (non-hydrogen) atoms. The van der Waals surface area contributed by atoms with E-state index in [1.807, 2.05) is 54.7 Å². The van der Waals surface area contributed by atoms with Crippen molar-refractivity contribution in [3.63, 3.8) is 0 Å². The fourth-order valence-electron chi connectivity index (χ4n) is 2.96. The molecule has 4 nitrogen and oxygen atoms in total. The molecule has 1 aliphatic rings. The van der Waals surface area contributed by atoms with Gasteiger partial charge >= 0.3 is 0 Å². The molecule has 0 unspecified atom stereocenters. The number of benzene rings is 2.